The van der Waals surface area contributed by atoms with Gasteiger partial charge < -0.3 is 24.8 Å². The quantitative estimate of drug-likeness (QED) is 0.633. The predicted molar refractivity (Wildman–Crippen MR) is 104 cm³/mol. The first-order chi connectivity index (χ1) is 13.3. The van der Waals surface area contributed by atoms with E-state index >= 15 is 0 Å². The van der Waals surface area contributed by atoms with Gasteiger partial charge in [-0.15, -0.1) is 0 Å². The molecule has 0 aliphatic rings. The smallest absolute Gasteiger partial charge is 0.441 e. The van der Waals surface area contributed by atoms with Crippen LogP contribution in [0.15, 0.2) is 18.2 Å². The average Bonchev–Trinajstić information content (AvgIpc) is 2.58. The maximum Gasteiger partial charge on any atom is 0.441 e. The van der Waals surface area contributed by atoms with E-state index in [0.29, 0.717) is 17.2 Å². The summed E-state index contributed by atoms with van der Waals surface area (Å²) in [5, 5.41) is 4.87. The summed E-state index contributed by atoms with van der Waals surface area (Å²) < 4.78 is 52.6. The highest BCUT2D eigenvalue weighted by Crippen LogP contribution is 2.31. The lowest BCUT2D eigenvalue weighted by atomic mass is 10.2. The molecule has 2 amide bonds. The van der Waals surface area contributed by atoms with Crippen LogP contribution in [-0.2, 0) is 9.53 Å². The molecule has 0 aromatic heterocycles. The minimum absolute atomic E-state index is 0.247. The monoisotopic (exact) mass is 438 g/mol. The Morgan fingerprint density at radius 3 is 2.24 bits per heavy atom. The van der Waals surface area contributed by atoms with Gasteiger partial charge in [-0.3, -0.25) is 4.79 Å². The summed E-state index contributed by atoms with van der Waals surface area (Å²) in [5.41, 5.74) is -4.93. The van der Waals surface area contributed by atoms with Crippen LogP contribution in [0.25, 0.3) is 0 Å². The second kappa shape index (κ2) is 10.5. The second-order valence-corrected chi connectivity index (χ2v) is 8.00. The zero-order chi connectivity index (χ0) is 22.2. The van der Waals surface area contributed by atoms with Gasteiger partial charge in [-0.25, -0.2) is 4.79 Å². The molecule has 29 heavy (non-hydrogen) atoms. The van der Waals surface area contributed by atoms with Gasteiger partial charge in [0.15, 0.2) is 11.5 Å². The lowest BCUT2D eigenvalue weighted by Gasteiger charge is -2.23. The molecule has 0 heterocycles. The fraction of sp³-hybridized carbons (Fsp3) is 0.556. The van der Waals surface area contributed by atoms with Crippen LogP contribution in [0.5, 0.6) is 11.5 Å². The Kier molecular flexibility index (Phi) is 8.93. The van der Waals surface area contributed by atoms with Gasteiger partial charge in [0.1, 0.15) is 11.6 Å². The summed E-state index contributed by atoms with van der Waals surface area (Å²) in [7, 11) is 2.87. The topological polar surface area (TPSA) is 85.9 Å². The van der Waals surface area contributed by atoms with Crippen molar-refractivity contribution in [3.63, 3.8) is 0 Å². The zero-order valence-corrected chi connectivity index (χ0v) is 17.6. The number of hydrogen-bond acceptors (Lipinski definition) is 6. The van der Waals surface area contributed by atoms with E-state index in [1.165, 1.54) is 26.4 Å². The van der Waals surface area contributed by atoms with Crippen LogP contribution in [-0.4, -0.2) is 49.1 Å². The molecule has 0 aliphatic carbocycles. The number of methoxy groups -OCH3 is 2. The van der Waals surface area contributed by atoms with E-state index in [0.717, 1.165) is 0 Å². The number of alkyl halides is 3. The van der Waals surface area contributed by atoms with E-state index in [1.807, 2.05) is 0 Å². The van der Waals surface area contributed by atoms with Crippen molar-refractivity contribution in [2.45, 2.75) is 44.3 Å². The maximum atomic E-state index is 12.6. The summed E-state index contributed by atoms with van der Waals surface area (Å²) in [4.78, 5) is 24.6. The van der Waals surface area contributed by atoms with Crippen molar-refractivity contribution in [3.05, 3.63) is 18.2 Å². The summed E-state index contributed by atoms with van der Waals surface area (Å²) in [5.74, 6) is -0.306. The highest BCUT2D eigenvalue weighted by molar-refractivity contribution is 8.00. The molecule has 0 saturated carbocycles. The molecule has 11 heteroatoms. The average molecular weight is 438 g/mol. The van der Waals surface area contributed by atoms with Gasteiger partial charge in [0.2, 0.25) is 5.91 Å². The van der Waals surface area contributed by atoms with E-state index < -0.39 is 34.9 Å². The Bertz CT molecular complexity index is 708. The largest absolute Gasteiger partial charge is 0.493 e. The van der Waals surface area contributed by atoms with Crippen LogP contribution in [0.3, 0.4) is 0 Å². The van der Waals surface area contributed by atoms with Crippen molar-refractivity contribution < 1.29 is 37.0 Å². The summed E-state index contributed by atoms with van der Waals surface area (Å²) >= 11 is -0.272. The number of thioether (sulfide) groups is 1. The first kappa shape index (κ1) is 24.7. The van der Waals surface area contributed by atoms with Crippen molar-refractivity contribution in [2.24, 2.45) is 0 Å². The highest BCUT2D eigenvalue weighted by atomic mass is 32.2. The Balaban J connectivity index is 2.89. The molecule has 7 nitrogen and oxygen atoms in total. The fourth-order valence-corrected chi connectivity index (χ4v) is 2.74. The molecular formula is C18H25F3N2O5S. The van der Waals surface area contributed by atoms with Crippen LogP contribution in [0.2, 0.25) is 0 Å². The van der Waals surface area contributed by atoms with E-state index in [4.69, 9.17) is 14.2 Å². The van der Waals surface area contributed by atoms with Crippen LogP contribution in [0, 0.1) is 0 Å². The molecule has 1 aromatic rings. The van der Waals surface area contributed by atoms with Gasteiger partial charge in [-0.2, -0.15) is 13.2 Å². The van der Waals surface area contributed by atoms with E-state index in [-0.39, 0.29) is 18.2 Å². The third-order valence-corrected chi connectivity index (χ3v) is 4.10. The Labute approximate surface area is 171 Å². The van der Waals surface area contributed by atoms with Crippen LogP contribution in [0.1, 0.15) is 27.2 Å². The van der Waals surface area contributed by atoms with Gasteiger partial charge >= 0.3 is 11.6 Å². The SMILES string of the molecule is COc1ccc(NC(=O)[C@H](CCSC(F)(F)F)NC(=O)OC(C)(C)C)cc1OC. The summed E-state index contributed by atoms with van der Waals surface area (Å²) in [6.07, 6.45) is -1.15. The van der Waals surface area contributed by atoms with Crippen LogP contribution in [0.4, 0.5) is 23.7 Å². The third kappa shape index (κ3) is 9.64. The van der Waals surface area contributed by atoms with Crippen molar-refractivity contribution in [1.29, 1.82) is 0 Å². The number of amides is 2. The molecule has 1 rings (SSSR count). The number of rotatable bonds is 8. The fourth-order valence-electron chi connectivity index (χ4n) is 2.15. The molecule has 0 spiro atoms. The van der Waals surface area contributed by atoms with Crippen molar-refractivity contribution in [2.75, 3.05) is 25.3 Å². The van der Waals surface area contributed by atoms with Gasteiger partial charge in [-0.05, 0) is 39.3 Å². The Morgan fingerprint density at radius 1 is 1.10 bits per heavy atom. The second-order valence-electron chi connectivity index (χ2n) is 6.84. The van der Waals surface area contributed by atoms with E-state index in [2.05, 4.69) is 10.6 Å². The lowest BCUT2D eigenvalue weighted by Crippen LogP contribution is -2.46. The maximum absolute atomic E-state index is 12.6. The number of carbonyl (C=O) groups excluding carboxylic acids is 2. The number of nitrogens with one attached hydrogen (secondary N) is 2. The van der Waals surface area contributed by atoms with Gasteiger partial charge in [-0.1, -0.05) is 11.8 Å². The Morgan fingerprint density at radius 2 is 1.72 bits per heavy atom. The predicted octanol–water partition coefficient (Wildman–Crippen LogP) is 4.18. The Hall–Kier alpha value is -2.30. The third-order valence-electron chi connectivity index (χ3n) is 3.33. The lowest BCUT2D eigenvalue weighted by molar-refractivity contribution is -0.118. The standard InChI is InChI=1S/C18H25F3N2O5S/c1-17(2,3)28-16(25)23-12(8-9-29-18(19,20)21)15(24)22-11-6-7-13(26-4)14(10-11)27-5/h6-7,10,12H,8-9H2,1-5H3,(H,22,24)(H,23,25)/t12-/m0/s1. The normalized spacial score (nSPS) is 12.7. The number of alkyl carbamates (subject to hydrolysis) is 1. The number of anilines is 1. The summed E-state index contributed by atoms with van der Waals surface area (Å²) in [6, 6.07) is 3.36. The van der Waals surface area contributed by atoms with Gasteiger partial charge in [0, 0.05) is 17.5 Å². The first-order valence-corrected chi connectivity index (χ1v) is 9.56. The molecule has 1 atom stereocenters. The minimum atomic E-state index is -4.43. The highest BCUT2D eigenvalue weighted by Gasteiger charge is 2.30. The molecule has 0 fully saturated rings. The molecule has 0 saturated heterocycles. The number of hydrogen-bond donors (Lipinski definition) is 2. The van der Waals surface area contributed by atoms with E-state index in [1.54, 1.807) is 26.8 Å². The molecule has 2 N–H and O–H groups in total. The molecular weight excluding hydrogens is 413 g/mol. The van der Waals surface area contributed by atoms with Gasteiger partial charge in [0.05, 0.1) is 14.2 Å². The number of carbonyl (C=O) groups is 2. The molecule has 1 aromatic carbocycles. The molecule has 0 bridgehead atoms. The minimum Gasteiger partial charge on any atom is -0.493 e. The number of benzene rings is 1. The van der Waals surface area contributed by atoms with E-state index in [9.17, 15) is 22.8 Å². The summed E-state index contributed by atoms with van der Waals surface area (Å²) in [6.45, 7) is 4.89. The molecule has 164 valence electrons. The number of halogens is 3. The first-order valence-electron chi connectivity index (χ1n) is 8.57. The van der Waals surface area contributed by atoms with Gasteiger partial charge in [0.25, 0.3) is 0 Å². The molecule has 0 aliphatic heterocycles. The van der Waals surface area contributed by atoms with Crippen molar-refractivity contribution in [1.82, 2.24) is 5.32 Å². The molecule has 0 unspecified atom stereocenters. The number of ether oxygens (including phenoxy) is 3. The zero-order valence-electron chi connectivity index (χ0n) is 16.8. The van der Waals surface area contributed by atoms with Crippen molar-refractivity contribution >= 4 is 29.4 Å². The van der Waals surface area contributed by atoms with Crippen LogP contribution < -0.4 is 20.1 Å². The van der Waals surface area contributed by atoms with Crippen LogP contribution >= 0.6 is 11.8 Å². The van der Waals surface area contributed by atoms with Crippen molar-refractivity contribution in [3.8, 4) is 11.5 Å². The molecule has 0 radical (unpaired) electrons.